The molecule has 1 aromatic heterocycles. The Kier molecular flexibility index (Phi) is 4.06. The number of nitrogen functional groups attached to an aromatic ring is 1. The SMILES string of the molecule is COC(=O)c1cc(Sc2ccc(C)cc2)ncc1N. The minimum atomic E-state index is -0.453. The number of aromatic nitrogens is 1. The molecule has 98 valence electrons. The van der Waals surface area contributed by atoms with Gasteiger partial charge in [-0.1, -0.05) is 29.5 Å². The van der Waals surface area contributed by atoms with Gasteiger partial charge in [0.1, 0.15) is 5.03 Å². The summed E-state index contributed by atoms with van der Waals surface area (Å²) in [5, 5.41) is 0.707. The van der Waals surface area contributed by atoms with Crippen molar-refractivity contribution in [1.29, 1.82) is 0 Å². The van der Waals surface area contributed by atoms with Crippen LogP contribution in [-0.2, 0) is 4.74 Å². The van der Waals surface area contributed by atoms with E-state index in [-0.39, 0.29) is 0 Å². The van der Waals surface area contributed by atoms with Crippen LogP contribution in [0.15, 0.2) is 46.5 Å². The zero-order valence-corrected chi connectivity index (χ0v) is 11.5. The van der Waals surface area contributed by atoms with Crippen LogP contribution in [0, 0.1) is 6.92 Å². The van der Waals surface area contributed by atoms with Crippen LogP contribution in [0.2, 0.25) is 0 Å². The van der Waals surface area contributed by atoms with Gasteiger partial charge in [0, 0.05) is 4.90 Å². The maximum atomic E-state index is 11.5. The fourth-order valence-electron chi connectivity index (χ4n) is 1.52. The third-order valence-electron chi connectivity index (χ3n) is 2.56. The highest BCUT2D eigenvalue weighted by atomic mass is 32.2. The van der Waals surface area contributed by atoms with Crippen molar-refractivity contribution < 1.29 is 9.53 Å². The zero-order valence-electron chi connectivity index (χ0n) is 10.7. The quantitative estimate of drug-likeness (QED) is 0.872. The lowest BCUT2D eigenvalue weighted by Crippen LogP contribution is -2.06. The first-order chi connectivity index (χ1) is 9.10. The van der Waals surface area contributed by atoms with E-state index in [0.29, 0.717) is 16.3 Å². The van der Waals surface area contributed by atoms with Crippen LogP contribution in [0.3, 0.4) is 0 Å². The van der Waals surface area contributed by atoms with Gasteiger partial charge >= 0.3 is 5.97 Å². The molecule has 2 N–H and O–H groups in total. The van der Waals surface area contributed by atoms with Gasteiger partial charge in [-0.2, -0.15) is 0 Å². The van der Waals surface area contributed by atoms with E-state index in [1.165, 1.54) is 30.6 Å². The summed E-state index contributed by atoms with van der Waals surface area (Å²) in [4.78, 5) is 16.8. The molecule has 0 aliphatic rings. The number of hydrogen-bond donors (Lipinski definition) is 1. The molecule has 4 nitrogen and oxygen atoms in total. The normalized spacial score (nSPS) is 10.2. The van der Waals surface area contributed by atoms with E-state index in [9.17, 15) is 4.79 Å². The highest BCUT2D eigenvalue weighted by Crippen LogP contribution is 2.28. The van der Waals surface area contributed by atoms with E-state index < -0.39 is 5.97 Å². The molecule has 1 aromatic carbocycles. The number of nitrogens with two attached hydrogens (primary N) is 1. The van der Waals surface area contributed by atoms with Crippen LogP contribution < -0.4 is 5.73 Å². The molecule has 19 heavy (non-hydrogen) atoms. The van der Waals surface area contributed by atoms with Gasteiger partial charge in [0.25, 0.3) is 0 Å². The smallest absolute Gasteiger partial charge is 0.340 e. The van der Waals surface area contributed by atoms with Gasteiger partial charge in [-0.15, -0.1) is 0 Å². The van der Waals surface area contributed by atoms with Gasteiger partial charge in [0.15, 0.2) is 0 Å². The Labute approximate surface area is 116 Å². The van der Waals surface area contributed by atoms with E-state index >= 15 is 0 Å². The maximum Gasteiger partial charge on any atom is 0.340 e. The molecule has 2 rings (SSSR count). The molecule has 0 bridgehead atoms. The van der Waals surface area contributed by atoms with E-state index in [1.807, 2.05) is 31.2 Å². The Morgan fingerprint density at radius 2 is 2.00 bits per heavy atom. The standard InChI is InChI=1S/C14H14N2O2S/c1-9-3-5-10(6-4-9)19-13-7-11(14(17)18-2)12(15)8-16-13/h3-8H,15H2,1-2H3. The van der Waals surface area contributed by atoms with Crippen molar-refractivity contribution in [1.82, 2.24) is 4.98 Å². The van der Waals surface area contributed by atoms with Gasteiger partial charge in [0.2, 0.25) is 0 Å². The topological polar surface area (TPSA) is 65.2 Å². The second-order valence-electron chi connectivity index (χ2n) is 4.02. The third kappa shape index (κ3) is 3.26. The molecule has 0 atom stereocenters. The molecule has 0 unspecified atom stereocenters. The summed E-state index contributed by atoms with van der Waals surface area (Å²) < 4.78 is 4.68. The average Bonchev–Trinajstić information content (AvgIpc) is 2.42. The Balaban J connectivity index is 2.26. The molecule has 1 heterocycles. The van der Waals surface area contributed by atoms with Gasteiger partial charge in [-0.25, -0.2) is 9.78 Å². The molecule has 0 aliphatic heterocycles. The Morgan fingerprint density at radius 3 is 2.63 bits per heavy atom. The second-order valence-corrected chi connectivity index (χ2v) is 5.11. The lowest BCUT2D eigenvalue weighted by Gasteiger charge is -2.06. The van der Waals surface area contributed by atoms with Crippen LogP contribution >= 0.6 is 11.8 Å². The zero-order chi connectivity index (χ0) is 13.8. The van der Waals surface area contributed by atoms with Crippen LogP contribution in [0.4, 0.5) is 5.69 Å². The molecule has 0 saturated carbocycles. The number of esters is 1. The Morgan fingerprint density at radius 1 is 1.32 bits per heavy atom. The molecule has 0 spiro atoms. The van der Waals surface area contributed by atoms with E-state index in [4.69, 9.17) is 5.73 Å². The Hall–Kier alpha value is -2.01. The molecular formula is C14H14N2O2S. The average molecular weight is 274 g/mol. The lowest BCUT2D eigenvalue weighted by atomic mass is 10.2. The molecule has 0 aliphatic carbocycles. The van der Waals surface area contributed by atoms with Crippen molar-refractivity contribution >= 4 is 23.4 Å². The number of pyridine rings is 1. The first-order valence-electron chi connectivity index (χ1n) is 5.68. The van der Waals surface area contributed by atoms with Crippen molar-refractivity contribution in [3.05, 3.63) is 47.7 Å². The summed E-state index contributed by atoms with van der Waals surface area (Å²) in [5.41, 5.74) is 7.56. The highest BCUT2D eigenvalue weighted by molar-refractivity contribution is 7.99. The molecule has 0 fully saturated rings. The number of aryl methyl sites for hydroxylation is 1. The summed E-state index contributed by atoms with van der Waals surface area (Å²) in [7, 11) is 1.33. The highest BCUT2D eigenvalue weighted by Gasteiger charge is 2.12. The number of carbonyl (C=O) groups is 1. The number of hydrogen-bond acceptors (Lipinski definition) is 5. The first kappa shape index (κ1) is 13.4. The van der Waals surface area contributed by atoms with Crippen molar-refractivity contribution in [3.8, 4) is 0 Å². The molecule has 0 radical (unpaired) electrons. The maximum absolute atomic E-state index is 11.5. The number of methoxy groups -OCH3 is 1. The van der Waals surface area contributed by atoms with E-state index in [2.05, 4.69) is 9.72 Å². The van der Waals surface area contributed by atoms with Gasteiger partial charge < -0.3 is 10.5 Å². The van der Waals surface area contributed by atoms with Gasteiger partial charge in [-0.3, -0.25) is 0 Å². The molecule has 0 amide bonds. The molecular weight excluding hydrogens is 260 g/mol. The number of nitrogens with zero attached hydrogens (tertiary/aromatic N) is 1. The predicted molar refractivity (Wildman–Crippen MR) is 75.3 cm³/mol. The van der Waals surface area contributed by atoms with Crippen molar-refractivity contribution in [3.63, 3.8) is 0 Å². The number of anilines is 1. The van der Waals surface area contributed by atoms with Crippen molar-refractivity contribution in [2.24, 2.45) is 0 Å². The summed E-state index contributed by atoms with van der Waals surface area (Å²) >= 11 is 1.47. The Bertz CT molecular complexity index is 597. The largest absolute Gasteiger partial charge is 0.465 e. The predicted octanol–water partition coefficient (Wildman–Crippen LogP) is 2.91. The van der Waals surface area contributed by atoms with Gasteiger partial charge in [-0.05, 0) is 25.1 Å². The number of carbonyl (C=O) groups excluding carboxylic acids is 1. The monoisotopic (exact) mass is 274 g/mol. The first-order valence-corrected chi connectivity index (χ1v) is 6.50. The molecule has 2 aromatic rings. The van der Waals surface area contributed by atoms with Crippen LogP contribution in [0.5, 0.6) is 0 Å². The minimum absolute atomic E-state index is 0.320. The second kappa shape index (κ2) is 5.75. The number of benzene rings is 1. The minimum Gasteiger partial charge on any atom is -0.465 e. The fraction of sp³-hybridized carbons (Fsp3) is 0.143. The number of rotatable bonds is 3. The summed E-state index contributed by atoms with van der Waals surface area (Å²) in [6.07, 6.45) is 1.47. The van der Waals surface area contributed by atoms with Crippen molar-refractivity contribution in [2.75, 3.05) is 12.8 Å². The van der Waals surface area contributed by atoms with E-state index in [0.717, 1.165) is 4.90 Å². The summed E-state index contributed by atoms with van der Waals surface area (Å²) in [5.74, 6) is -0.453. The van der Waals surface area contributed by atoms with E-state index in [1.54, 1.807) is 6.07 Å². The summed E-state index contributed by atoms with van der Waals surface area (Å²) in [6.45, 7) is 2.03. The van der Waals surface area contributed by atoms with Crippen molar-refractivity contribution in [2.45, 2.75) is 16.8 Å². The van der Waals surface area contributed by atoms with Crippen LogP contribution in [0.25, 0.3) is 0 Å². The van der Waals surface area contributed by atoms with Gasteiger partial charge in [0.05, 0.1) is 24.6 Å². The lowest BCUT2D eigenvalue weighted by molar-refractivity contribution is 0.0601. The fourth-order valence-corrected chi connectivity index (χ4v) is 2.31. The third-order valence-corrected chi connectivity index (χ3v) is 3.50. The molecule has 5 heteroatoms. The van der Waals surface area contributed by atoms with Crippen LogP contribution in [-0.4, -0.2) is 18.1 Å². The summed E-state index contributed by atoms with van der Waals surface area (Å²) in [6, 6.07) is 9.72. The number of ether oxygens (including phenoxy) is 1. The van der Waals surface area contributed by atoms with Crippen LogP contribution in [0.1, 0.15) is 15.9 Å². The molecule has 0 saturated heterocycles.